The zero-order valence-corrected chi connectivity index (χ0v) is 16.7. The molecule has 1 aromatic carbocycles. The van der Waals surface area contributed by atoms with E-state index in [1.54, 1.807) is 0 Å². The predicted octanol–water partition coefficient (Wildman–Crippen LogP) is 1.80. The van der Waals surface area contributed by atoms with Crippen LogP contribution in [0, 0.1) is 0 Å². The molecule has 0 radical (unpaired) electrons. The first kappa shape index (κ1) is 23.3. The SMILES string of the molecule is Cl.NCCCC[C@@H](C(=O)O)N1CC(=O)N(C(CS)Cc2ccccc2)C1=O. The topological polar surface area (TPSA) is 104 Å². The molecule has 0 bridgehead atoms. The molecule has 1 aliphatic heterocycles. The highest BCUT2D eigenvalue weighted by molar-refractivity contribution is 7.80. The Morgan fingerprint density at radius 2 is 1.89 bits per heavy atom. The Hall–Kier alpha value is -1.77. The molecule has 1 heterocycles. The van der Waals surface area contributed by atoms with E-state index in [2.05, 4.69) is 12.6 Å². The van der Waals surface area contributed by atoms with Crippen LogP contribution >= 0.6 is 25.0 Å². The van der Waals surface area contributed by atoms with Crippen LogP contribution in [0.2, 0.25) is 0 Å². The maximum Gasteiger partial charge on any atom is 0.328 e. The van der Waals surface area contributed by atoms with Gasteiger partial charge >= 0.3 is 12.0 Å². The molecule has 150 valence electrons. The second-order valence-corrected chi connectivity index (χ2v) is 6.70. The maximum absolute atomic E-state index is 12.8. The fraction of sp³-hybridized carbons (Fsp3) is 0.500. The van der Waals surface area contributed by atoms with E-state index in [0.29, 0.717) is 31.6 Å². The summed E-state index contributed by atoms with van der Waals surface area (Å²) >= 11 is 4.30. The minimum atomic E-state index is -1.10. The zero-order valence-electron chi connectivity index (χ0n) is 15.0. The number of imide groups is 1. The average molecular weight is 416 g/mol. The predicted molar refractivity (Wildman–Crippen MR) is 108 cm³/mol. The van der Waals surface area contributed by atoms with Crippen molar-refractivity contribution in [3.05, 3.63) is 35.9 Å². The second kappa shape index (κ2) is 11.2. The summed E-state index contributed by atoms with van der Waals surface area (Å²) in [7, 11) is 0. The molecule has 1 aromatic rings. The van der Waals surface area contributed by atoms with Crippen molar-refractivity contribution < 1.29 is 19.5 Å². The Morgan fingerprint density at radius 1 is 1.22 bits per heavy atom. The van der Waals surface area contributed by atoms with Crippen molar-refractivity contribution >= 4 is 42.9 Å². The number of rotatable bonds is 10. The van der Waals surface area contributed by atoms with Gasteiger partial charge in [-0.25, -0.2) is 9.59 Å². The molecule has 9 heteroatoms. The molecular formula is C18H26ClN3O4S. The highest BCUT2D eigenvalue weighted by Crippen LogP contribution is 2.22. The first-order chi connectivity index (χ1) is 12.5. The monoisotopic (exact) mass is 415 g/mol. The lowest BCUT2D eigenvalue weighted by Crippen LogP contribution is -2.47. The smallest absolute Gasteiger partial charge is 0.328 e. The van der Waals surface area contributed by atoms with Crippen LogP contribution in [-0.4, -0.2) is 63.7 Å². The van der Waals surface area contributed by atoms with E-state index in [4.69, 9.17) is 5.73 Å². The van der Waals surface area contributed by atoms with Crippen LogP contribution in [0.3, 0.4) is 0 Å². The van der Waals surface area contributed by atoms with Crippen molar-refractivity contribution in [2.24, 2.45) is 5.73 Å². The molecule has 0 spiro atoms. The van der Waals surface area contributed by atoms with Gasteiger partial charge < -0.3 is 15.7 Å². The van der Waals surface area contributed by atoms with Gasteiger partial charge in [0.1, 0.15) is 12.6 Å². The van der Waals surface area contributed by atoms with Gasteiger partial charge in [0.25, 0.3) is 5.91 Å². The van der Waals surface area contributed by atoms with Crippen molar-refractivity contribution in [2.75, 3.05) is 18.8 Å². The first-order valence-corrected chi connectivity index (χ1v) is 9.33. The Labute approximate surface area is 170 Å². The van der Waals surface area contributed by atoms with Gasteiger partial charge in [0.15, 0.2) is 0 Å². The van der Waals surface area contributed by atoms with Crippen LogP contribution in [-0.2, 0) is 16.0 Å². The normalized spacial score (nSPS) is 16.2. The van der Waals surface area contributed by atoms with Gasteiger partial charge in [-0.2, -0.15) is 12.6 Å². The number of benzene rings is 1. The molecule has 1 fully saturated rings. The number of hydrogen-bond donors (Lipinski definition) is 3. The summed E-state index contributed by atoms with van der Waals surface area (Å²) in [4.78, 5) is 39.2. The maximum atomic E-state index is 12.8. The van der Waals surface area contributed by atoms with Crippen molar-refractivity contribution in [1.29, 1.82) is 0 Å². The number of carbonyl (C=O) groups is 3. The number of amides is 3. The third-order valence-corrected chi connectivity index (χ3v) is 4.93. The summed E-state index contributed by atoms with van der Waals surface area (Å²) in [5, 5.41) is 9.48. The Kier molecular flexibility index (Phi) is 9.62. The van der Waals surface area contributed by atoms with E-state index in [1.165, 1.54) is 4.90 Å². The summed E-state index contributed by atoms with van der Waals surface area (Å²) in [6.45, 7) is 0.252. The van der Waals surface area contributed by atoms with E-state index in [1.807, 2.05) is 30.3 Å². The van der Waals surface area contributed by atoms with Crippen LogP contribution in [0.5, 0.6) is 0 Å². The van der Waals surface area contributed by atoms with Gasteiger partial charge in [-0.15, -0.1) is 12.4 Å². The first-order valence-electron chi connectivity index (χ1n) is 8.70. The van der Waals surface area contributed by atoms with Gasteiger partial charge in [-0.05, 0) is 37.8 Å². The number of aliphatic carboxylic acids is 1. The number of carboxylic acid groups (broad SMARTS) is 1. The lowest BCUT2D eigenvalue weighted by atomic mass is 10.1. The molecule has 0 saturated carbocycles. The van der Waals surface area contributed by atoms with Crippen LogP contribution in [0.1, 0.15) is 24.8 Å². The fourth-order valence-electron chi connectivity index (χ4n) is 3.16. The van der Waals surface area contributed by atoms with Crippen LogP contribution in [0.25, 0.3) is 0 Å². The number of nitrogens with zero attached hydrogens (tertiary/aromatic N) is 2. The largest absolute Gasteiger partial charge is 0.480 e. The standard InChI is InChI=1S/C18H25N3O4S.ClH/c19-9-5-4-8-15(17(23)24)20-11-16(22)21(18(20)25)14(12-26)10-13-6-2-1-3-7-13;/h1-3,6-7,14-15,26H,4-5,8-12,19H2,(H,23,24);1H/t14?,15-;/m0./s1. The van der Waals surface area contributed by atoms with E-state index >= 15 is 0 Å². The molecule has 0 aliphatic carbocycles. The molecule has 3 amide bonds. The number of urea groups is 1. The number of thiol groups is 1. The van der Waals surface area contributed by atoms with E-state index < -0.39 is 24.1 Å². The lowest BCUT2D eigenvalue weighted by Gasteiger charge is -2.27. The van der Waals surface area contributed by atoms with E-state index in [9.17, 15) is 19.5 Å². The molecule has 2 atom stereocenters. The summed E-state index contributed by atoms with van der Waals surface area (Å²) in [6.07, 6.45) is 2.03. The highest BCUT2D eigenvalue weighted by Gasteiger charge is 2.44. The molecule has 27 heavy (non-hydrogen) atoms. The number of carbonyl (C=O) groups excluding carboxylic acids is 2. The molecule has 3 N–H and O–H groups in total. The van der Waals surface area contributed by atoms with E-state index in [0.717, 1.165) is 10.5 Å². The quantitative estimate of drug-likeness (QED) is 0.307. The molecule has 1 saturated heterocycles. The number of hydrogen-bond acceptors (Lipinski definition) is 5. The highest BCUT2D eigenvalue weighted by atomic mass is 35.5. The Balaban J connectivity index is 0.00000364. The van der Waals surface area contributed by atoms with E-state index in [-0.39, 0.29) is 31.3 Å². The zero-order chi connectivity index (χ0) is 19.1. The molecule has 1 aliphatic rings. The molecule has 0 aromatic heterocycles. The number of nitrogens with two attached hydrogens (primary N) is 1. The second-order valence-electron chi connectivity index (χ2n) is 6.34. The van der Waals surface area contributed by atoms with Crippen molar-refractivity contribution in [3.8, 4) is 0 Å². The summed E-state index contributed by atoms with van der Waals surface area (Å²) in [6, 6.07) is 7.55. The average Bonchev–Trinajstić information content (AvgIpc) is 2.91. The van der Waals surface area contributed by atoms with Crippen molar-refractivity contribution in [2.45, 2.75) is 37.8 Å². The molecular weight excluding hydrogens is 390 g/mol. The van der Waals surface area contributed by atoms with Gasteiger partial charge in [0.2, 0.25) is 0 Å². The Morgan fingerprint density at radius 3 is 2.44 bits per heavy atom. The third-order valence-electron chi connectivity index (χ3n) is 4.51. The van der Waals surface area contributed by atoms with Gasteiger partial charge in [-0.1, -0.05) is 30.3 Å². The van der Waals surface area contributed by atoms with Gasteiger partial charge in [-0.3, -0.25) is 9.69 Å². The minimum absolute atomic E-state index is 0. The Bertz CT molecular complexity index is 647. The lowest BCUT2D eigenvalue weighted by molar-refractivity contribution is -0.142. The van der Waals surface area contributed by atoms with Crippen LogP contribution < -0.4 is 5.73 Å². The molecule has 2 rings (SSSR count). The number of halogens is 1. The minimum Gasteiger partial charge on any atom is -0.480 e. The summed E-state index contributed by atoms with van der Waals surface area (Å²) < 4.78 is 0. The van der Waals surface area contributed by atoms with Crippen molar-refractivity contribution in [3.63, 3.8) is 0 Å². The van der Waals surface area contributed by atoms with Crippen molar-refractivity contribution in [1.82, 2.24) is 9.80 Å². The van der Waals surface area contributed by atoms with Crippen LogP contribution in [0.15, 0.2) is 30.3 Å². The van der Waals surface area contributed by atoms with Gasteiger partial charge in [0.05, 0.1) is 6.04 Å². The fourth-order valence-corrected chi connectivity index (χ4v) is 3.45. The number of carboxylic acids is 1. The number of unbranched alkanes of at least 4 members (excludes halogenated alkanes) is 1. The molecule has 1 unspecified atom stereocenters. The summed E-state index contributed by atoms with van der Waals surface area (Å²) in [5.41, 5.74) is 6.44. The molecule has 7 nitrogen and oxygen atoms in total. The van der Waals surface area contributed by atoms with Crippen LogP contribution in [0.4, 0.5) is 4.79 Å². The third kappa shape index (κ3) is 5.85. The van der Waals surface area contributed by atoms with Gasteiger partial charge in [0, 0.05) is 5.75 Å². The summed E-state index contributed by atoms with van der Waals surface area (Å²) in [5.74, 6) is -1.17.